The Bertz CT molecular complexity index is 3630. The van der Waals surface area contributed by atoms with Crippen LogP contribution in [0.5, 0.6) is 11.5 Å². The highest BCUT2D eigenvalue weighted by molar-refractivity contribution is 8.76. The van der Waals surface area contributed by atoms with Crippen LogP contribution in [-0.4, -0.2) is 122 Å². The first kappa shape index (κ1) is 55.4. The van der Waals surface area contributed by atoms with Crippen molar-refractivity contribution in [3.05, 3.63) is 83.6 Å². The van der Waals surface area contributed by atoms with Crippen LogP contribution in [0.3, 0.4) is 0 Å². The number of carbonyl (C=O) groups is 1. The number of nitrogens with one attached hydrogen (secondary N) is 2. The Balaban J connectivity index is 0.860. The number of ether oxygens (including phenoxy) is 4. The van der Waals surface area contributed by atoms with Gasteiger partial charge in [-0.05, 0) is 237 Å². The smallest absolute Gasteiger partial charge is 0.343 e. The molecule has 5 aromatic rings. The van der Waals surface area contributed by atoms with Gasteiger partial charge >= 0.3 is 5.97 Å². The van der Waals surface area contributed by atoms with E-state index in [1.807, 2.05) is 66.1 Å². The van der Waals surface area contributed by atoms with Crippen molar-refractivity contribution < 1.29 is 54.4 Å². The van der Waals surface area contributed by atoms with Crippen LogP contribution in [0.25, 0.3) is 32.4 Å². The molecule has 0 radical (unpaired) electrons. The van der Waals surface area contributed by atoms with Gasteiger partial charge in [-0.1, -0.05) is 70.8 Å². The van der Waals surface area contributed by atoms with Crippen molar-refractivity contribution in [2.75, 3.05) is 32.3 Å². The Morgan fingerprint density at radius 1 is 0.814 bits per heavy atom. The summed E-state index contributed by atoms with van der Waals surface area (Å²) in [7, 11) is 7.67. The summed E-state index contributed by atoms with van der Waals surface area (Å²) in [5.74, 6) is -0.864. The van der Waals surface area contributed by atoms with E-state index in [0.29, 0.717) is 53.6 Å². The van der Waals surface area contributed by atoms with E-state index in [1.165, 1.54) is 11.1 Å². The summed E-state index contributed by atoms with van der Waals surface area (Å²) in [6.45, 7) is 0.272. The number of phenols is 1. The number of rotatable bonds is 6. The molecule has 9 saturated carbocycles. The molecule has 4 aromatic carbocycles. The Kier molecular flexibility index (Phi) is 12.1. The topological polar surface area (TPSA) is 203 Å². The number of methoxy groups -OCH3 is 1. The fourth-order valence-electron chi connectivity index (χ4n) is 26.2. The number of aliphatic hydroxyl groups excluding tert-OH is 3. The van der Waals surface area contributed by atoms with E-state index >= 15 is 4.79 Å². The summed E-state index contributed by atoms with van der Waals surface area (Å²) >= 11 is 0. The van der Waals surface area contributed by atoms with Crippen LogP contribution < -0.4 is 10.1 Å². The normalized spacial score (nSPS) is 47.1. The monoisotopic (exact) mass is 1210 g/mol. The van der Waals surface area contributed by atoms with Crippen LogP contribution in [0, 0.1) is 74.4 Å². The Hall–Kier alpha value is -3.45. The Morgan fingerprint density at radius 2 is 1.62 bits per heavy atom. The number of aromatic nitrogens is 1. The average molecular weight is 1210 g/mol. The van der Waals surface area contributed by atoms with Gasteiger partial charge in [-0.2, -0.15) is 0 Å². The van der Waals surface area contributed by atoms with Gasteiger partial charge in [0.05, 0.1) is 35.4 Å². The molecule has 15 heteroatoms. The van der Waals surface area contributed by atoms with E-state index in [9.17, 15) is 30.6 Å². The first-order chi connectivity index (χ1) is 41.7. The Morgan fingerprint density at radius 3 is 2.43 bits per heavy atom. The molecule has 19 rings (SSSR count). The van der Waals surface area contributed by atoms with Crippen molar-refractivity contribution in [3.8, 4) is 11.5 Å². The highest BCUT2D eigenvalue weighted by Crippen LogP contribution is 2.86. The zero-order valence-corrected chi connectivity index (χ0v) is 51.4. The molecule has 10 aliphatic carbocycles. The van der Waals surface area contributed by atoms with Crippen LogP contribution in [0.4, 0.5) is 0 Å². The maximum atomic E-state index is 16.3. The van der Waals surface area contributed by atoms with Crippen LogP contribution in [0.2, 0.25) is 0 Å². The molecular formula is C71H86N2O11S2. The molecule has 5 heterocycles. The number of aromatic hydroxyl groups is 1. The van der Waals surface area contributed by atoms with Crippen LogP contribution >= 0.6 is 21.6 Å². The van der Waals surface area contributed by atoms with Crippen molar-refractivity contribution in [2.24, 2.45) is 74.4 Å². The summed E-state index contributed by atoms with van der Waals surface area (Å²) in [5.41, 5.74) is -1.91. The van der Waals surface area contributed by atoms with Gasteiger partial charge in [-0.15, -0.1) is 0 Å². The van der Waals surface area contributed by atoms with E-state index in [2.05, 4.69) is 46.7 Å². The number of aromatic amines is 1. The lowest BCUT2D eigenvalue weighted by molar-refractivity contribution is -0.409. The number of hydrogen-bond donors (Lipinski definition) is 8. The molecule has 13 nitrogen and oxygen atoms in total. The minimum Gasteiger partial charge on any atom is -0.508 e. The van der Waals surface area contributed by atoms with Crippen molar-refractivity contribution in [2.45, 2.75) is 188 Å². The third-order valence-electron chi connectivity index (χ3n) is 28.7. The number of carbonyl (C=O) groups excluding carboxylic acids is 1. The molecule has 458 valence electrons. The van der Waals surface area contributed by atoms with E-state index in [4.69, 9.17) is 18.9 Å². The predicted molar refractivity (Wildman–Crippen MR) is 330 cm³/mol. The lowest BCUT2D eigenvalue weighted by Gasteiger charge is -2.72. The van der Waals surface area contributed by atoms with Crippen molar-refractivity contribution in [1.29, 1.82) is 0 Å². The summed E-state index contributed by atoms with van der Waals surface area (Å²) < 4.78 is 28.0. The van der Waals surface area contributed by atoms with Gasteiger partial charge in [0.25, 0.3) is 0 Å². The van der Waals surface area contributed by atoms with Gasteiger partial charge in [0, 0.05) is 59.3 Å². The third-order valence-corrected chi connectivity index (χ3v) is 31.2. The highest BCUT2D eigenvalue weighted by atomic mass is 33.1. The largest absolute Gasteiger partial charge is 0.508 e. The lowest BCUT2D eigenvalue weighted by Crippen LogP contribution is -2.82. The first-order valence-electron chi connectivity index (χ1n) is 33.3. The molecule has 4 bridgehead atoms. The number of aliphatic hydroxyl groups is 5. The number of esters is 1. The zero-order valence-electron chi connectivity index (χ0n) is 49.8. The summed E-state index contributed by atoms with van der Waals surface area (Å²) in [4.78, 5) is 19.6. The number of fused-ring (bicyclic) bond motifs is 12. The van der Waals surface area contributed by atoms with Gasteiger partial charge in [0.2, 0.25) is 5.79 Å². The third kappa shape index (κ3) is 6.57. The second-order valence-corrected chi connectivity index (χ2v) is 33.5. The van der Waals surface area contributed by atoms with E-state index < -0.39 is 82.6 Å². The number of H-pyrrole nitrogens is 1. The predicted octanol–water partition coefficient (Wildman–Crippen LogP) is 10.9. The second-order valence-electron chi connectivity index (χ2n) is 30.9. The molecule has 0 unspecified atom stereocenters. The molecule has 6 spiro atoms. The second kappa shape index (κ2) is 18.8. The van der Waals surface area contributed by atoms with Gasteiger partial charge in [0.1, 0.15) is 18.0 Å². The quantitative estimate of drug-likeness (QED) is 0.0453. The Labute approximate surface area is 511 Å². The van der Waals surface area contributed by atoms with Crippen molar-refractivity contribution in [1.82, 2.24) is 10.3 Å². The molecule has 22 atom stereocenters. The maximum absolute atomic E-state index is 16.3. The van der Waals surface area contributed by atoms with Crippen LogP contribution in [-0.2, 0) is 31.0 Å². The van der Waals surface area contributed by atoms with Crippen LogP contribution in [0.1, 0.15) is 145 Å². The molecule has 1 aromatic heterocycles. The molecule has 14 aliphatic rings. The maximum Gasteiger partial charge on any atom is 0.343 e. The highest BCUT2D eigenvalue weighted by Gasteiger charge is 2.90. The summed E-state index contributed by atoms with van der Waals surface area (Å²) in [5, 5.41) is 89.5. The van der Waals surface area contributed by atoms with Gasteiger partial charge in [0.15, 0.2) is 17.5 Å². The first-order valence-corrected chi connectivity index (χ1v) is 35.8. The standard InChI is InChI=1S/C71H86N2O11S2/c1-72-54-35-86-85-34-49-44-12-9-41-26-42-16-20-67(69(42,56(41)44)50-13-11-43(75)28-46(49)50)59(76)48(54)29-47-51-31-68(65(17-5-6-18-65)23-24-66(68)22-21-64(36-66)19-15-37(30-64)33-81-2)63(78)71(80)70(51,79)61(83-60(47)67)58(84-71)62(77)82-57-53(32-74)73-52-14-10-40-25-38-7-3-4-8-39(38)27-45(40)55(52)57/h3-4,7-8,10-11,13-14,25,27-28,37,41-42,44,47-49,51,54,56,58-61,63,72-76,78-80H,5-6,9,12,15-24,26,29-36H2,1-2H3/t37-,41-,42+,44-,47+,48+,49-,51+,54+,56-,58+,59-,60-,61-,63-,64+,66-,67+,68-,69-,70+,71-/m0/s1. The average Bonchev–Trinajstić information content (AvgIpc) is 1.41. The molecule has 12 fully saturated rings. The number of benzene rings is 4. The molecule has 3 saturated heterocycles. The van der Waals surface area contributed by atoms with E-state index in [1.54, 1.807) is 0 Å². The van der Waals surface area contributed by atoms with E-state index in [0.717, 1.165) is 142 Å². The van der Waals surface area contributed by atoms with Crippen LogP contribution in [0.15, 0.2) is 66.7 Å². The fourth-order valence-corrected chi connectivity index (χ4v) is 29.0. The molecule has 8 N–H and O–H groups in total. The van der Waals surface area contributed by atoms with Crippen molar-refractivity contribution in [3.63, 3.8) is 0 Å². The molecular weight excluding hydrogens is 1120 g/mol. The van der Waals surface area contributed by atoms with Gasteiger partial charge in [-0.3, -0.25) is 0 Å². The lowest BCUT2D eigenvalue weighted by atomic mass is 9.37. The number of phenolic OH excluding ortho intramolecular Hbond substituents is 1. The minimum atomic E-state index is -2.67. The molecule has 86 heavy (non-hydrogen) atoms. The fraction of sp³-hybridized carbons (Fsp3) is 0.676. The minimum absolute atomic E-state index is 0.0700. The zero-order chi connectivity index (χ0) is 58.3. The van der Waals surface area contributed by atoms with Crippen molar-refractivity contribution >= 4 is 60.0 Å². The molecule has 4 aliphatic heterocycles. The van der Waals surface area contributed by atoms with Gasteiger partial charge in [-0.25, -0.2) is 4.79 Å². The summed E-state index contributed by atoms with van der Waals surface area (Å²) in [6.07, 6.45) is 11.4. The molecule has 0 amide bonds. The van der Waals surface area contributed by atoms with E-state index in [-0.39, 0.29) is 57.5 Å². The van der Waals surface area contributed by atoms with Gasteiger partial charge < -0.3 is 59.9 Å². The number of hydrogen-bond acceptors (Lipinski definition) is 14. The SMILES string of the molecule is CN[C@@H]1CSSC[C@@H]2c3cc(O)ccc3[C@]34[C@H](CC[C@]35[C@@H](O)[C@@H]1C[C@@H]1[C@H]3C[C@]6([C@H](O)[C@]7(O)O[C@@H](C(=O)Oc8c(CO)[nH]c9ccc%10cc%11ccccc%11cc%10c89)[C@H](O[C@@H]15)[C@]37O)C1(CCCC1)CC[C@]61CC[C@@]3(CC[C@H](COC)C3)C1)C[C@@H]1CC[C@@H]2[C@H]14. The summed E-state index contributed by atoms with van der Waals surface area (Å²) in [6, 6.07) is 22.4.